The summed E-state index contributed by atoms with van der Waals surface area (Å²) in [4.78, 5) is 3.74. The zero-order valence-corrected chi connectivity index (χ0v) is 13.0. The van der Waals surface area contributed by atoms with E-state index in [0.717, 1.165) is 5.75 Å². The second kappa shape index (κ2) is 6.95. The molecule has 0 aliphatic rings. The number of imidazole rings is 1. The van der Waals surface area contributed by atoms with Crippen molar-refractivity contribution in [1.29, 1.82) is 0 Å². The maximum Gasteiger partial charge on any atom is 0.449 e. The molecule has 0 saturated carbocycles. The quantitative estimate of drug-likeness (QED) is 0.599. The van der Waals surface area contributed by atoms with Crippen molar-refractivity contribution >= 4 is 11.0 Å². The molecule has 0 amide bonds. The van der Waals surface area contributed by atoms with Gasteiger partial charge in [0.15, 0.2) is 0 Å². The lowest BCUT2D eigenvalue weighted by molar-refractivity contribution is -0.147. The zero-order valence-electron chi connectivity index (χ0n) is 13.0. The molecule has 126 valence electrons. The van der Waals surface area contributed by atoms with Crippen LogP contribution < -0.4 is 4.74 Å². The molecule has 2 aromatic carbocycles. The van der Waals surface area contributed by atoms with Crippen LogP contribution in [0.15, 0.2) is 54.6 Å². The van der Waals surface area contributed by atoms with Crippen LogP contribution in [0.2, 0.25) is 0 Å². The molecule has 0 spiro atoms. The molecule has 6 heteroatoms. The number of unbranched alkanes of at least 4 members (excludes halogenated alkanes) is 1. The van der Waals surface area contributed by atoms with Crippen molar-refractivity contribution in [1.82, 2.24) is 9.55 Å². The minimum absolute atomic E-state index is 0.257. The molecular weight excluding hydrogens is 317 g/mol. The molecule has 1 heterocycles. The summed E-state index contributed by atoms with van der Waals surface area (Å²) < 4.78 is 46.3. The first-order valence-electron chi connectivity index (χ1n) is 7.76. The summed E-state index contributed by atoms with van der Waals surface area (Å²) >= 11 is 0. The number of fused-ring (bicyclic) bond motifs is 1. The van der Waals surface area contributed by atoms with E-state index in [-0.39, 0.29) is 6.54 Å². The fourth-order valence-electron chi connectivity index (χ4n) is 2.60. The van der Waals surface area contributed by atoms with Crippen molar-refractivity contribution in [3.63, 3.8) is 0 Å². The number of aryl methyl sites for hydroxylation is 1. The first kappa shape index (κ1) is 16.4. The van der Waals surface area contributed by atoms with Gasteiger partial charge in [0.1, 0.15) is 5.75 Å². The topological polar surface area (TPSA) is 27.1 Å². The van der Waals surface area contributed by atoms with Gasteiger partial charge >= 0.3 is 6.18 Å². The van der Waals surface area contributed by atoms with E-state index in [1.807, 2.05) is 30.3 Å². The van der Waals surface area contributed by atoms with Gasteiger partial charge < -0.3 is 9.30 Å². The van der Waals surface area contributed by atoms with E-state index in [9.17, 15) is 13.2 Å². The number of hydrogen-bond acceptors (Lipinski definition) is 2. The van der Waals surface area contributed by atoms with Gasteiger partial charge in [0.2, 0.25) is 5.82 Å². The van der Waals surface area contributed by atoms with Gasteiger partial charge in [-0.15, -0.1) is 0 Å². The summed E-state index contributed by atoms with van der Waals surface area (Å²) in [5.74, 6) is -0.0748. The Balaban J connectivity index is 1.64. The number of para-hydroxylation sites is 3. The lowest BCUT2D eigenvalue weighted by Gasteiger charge is -2.11. The highest BCUT2D eigenvalue weighted by Gasteiger charge is 2.37. The Hall–Kier alpha value is -2.50. The fourth-order valence-corrected chi connectivity index (χ4v) is 2.60. The summed E-state index contributed by atoms with van der Waals surface area (Å²) in [6.07, 6.45) is -3.21. The van der Waals surface area contributed by atoms with E-state index in [1.165, 1.54) is 4.57 Å². The molecule has 0 aliphatic heterocycles. The van der Waals surface area contributed by atoms with Gasteiger partial charge in [-0.25, -0.2) is 4.98 Å². The largest absolute Gasteiger partial charge is 0.494 e. The number of aromatic nitrogens is 2. The molecule has 0 radical (unpaired) electrons. The maximum absolute atomic E-state index is 13.2. The number of nitrogens with zero attached hydrogens (tertiary/aromatic N) is 2. The van der Waals surface area contributed by atoms with Gasteiger partial charge in [-0.2, -0.15) is 13.2 Å². The summed E-state index contributed by atoms with van der Waals surface area (Å²) in [6.45, 7) is 0.728. The molecule has 3 aromatic rings. The second-order valence-corrected chi connectivity index (χ2v) is 5.44. The van der Waals surface area contributed by atoms with Gasteiger partial charge in [0.05, 0.1) is 17.6 Å². The lowest BCUT2D eigenvalue weighted by Crippen LogP contribution is -2.15. The normalized spacial score (nSPS) is 11.8. The Morgan fingerprint density at radius 1 is 0.917 bits per heavy atom. The lowest BCUT2D eigenvalue weighted by atomic mass is 10.3. The number of rotatable bonds is 6. The Morgan fingerprint density at radius 2 is 1.62 bits per heavy atom. The third-order valence-electron chi connectivity index (χ3n) is 3.70. The van der Waals surface area contributed by atoms with Crippen LogP contribution in [-0.2, 0) is 12.7 Å². The van der Waals surface area contributed by atoms with Crippen LogP contribution >= 0.6 is 0 Å². The van der Waals surface area contributed by atoms with Crippen molar-refractivity contribution in [3.8, 4) is 5.75 Å². The molecule has 1 aromatic heterocycles. The molecular formula is C18H17F3N2O. The molecule has 0 unspecified atom stereocenters. The van der Waals surface area contributed by atoms with Crippen molar-refractivity contribution in [2.24, 2.45) is 0 Å². The third kappa shape index (κ3) is 3.69. The van der Waals surface area contributed by atoms with Gasteiger partial charge in [0, 0.05) is 6.54 Å². The van der Waals surface area contributed by atoms with Crippen LogP contribution in [0.5, 0.6) is 5.75 Å². The van der Waals surface area contributed by atoms with Crippen molar-refractivity contribution in [2.45, 2.75) is 25.6 Å². The number of benzene rings is 2. The van der Waals surface area contributed by atoms with Crippen LogP contribution in [0.3, 0.4) is 0 Å². The molecule has 0 atom stereocenters. The van der Waals surface area contributed by atoms with Crippen LogP contribution in [0, 0.1) is 0 Å². The average molecular weight is 334 g/mol. The minimum atomic E-state index is -4.46. The van der Waals surface area contributed by atoms with E-state index in [0.29, 0.717) is 30.5 Å². The molecule has 3 nitrogen and oxygen atoms in total. The summed E-state index contributed by atoms with van der Waals surface area (Å²) in [5.41, 5.74) is 0.874. The monoisotopic (exact) mass is 334 g/mol. The molecule has 0 saturated heterocycles. The Bertz CT molecular complexity index is 797. The van der Waals surface area contributed by atoms with Crippen molar-refractivity contribution in [2.75, 3.05) is 6.61 Å². The number of hydrogen-bond donors (Lipinski definition) is 0. The molecule has 0 bridgehead atoms. The van der Waals surface area contributed by atoms with Crippen molar-refractivity contribution < 1.29 is 17.9 Å². The van der Waals surface area contributed by atoms with Gasteiger partial charge in [-0.3, -0.25) is 0 Å². The molecule has 0 fully saturated rings. The Morgan fingerprint density at radius 3 is 2.38 bits per heavy atom. The predicted molar refractivity (Wildman–Crippen MR) is 85.9 cm³/mol. The van der Waals surface area contributed by atoms with Crippen LogP contribution in [0.25, 0.3) is 11.0 Å². The number of alkyl halides is 3. The third-order valence-corrected chi connectivity index (χ3v) is 3.70. The summed E-state index contributed by atoms with van der Waals surface area (Å²) in [5, 5.41) is 0. The first-order valence-corrected chi connectivity index (χ1v) is 7.76. The number of halogens is 3. The smallest absolute Gasteiger partial charge is 0.449 e. The molecule has 3 rings (SSSR count). The van der Waals surface area contributed by atoms with Crippen LogP contribution in [-0.4, -0.2) is 16.2 Å². The molecule has 0 aliphatic carbocycles. The highest BCUT2D eigenvalue weighted by molar-refractivity contribution is 5.76. The van der Waals surface area contributed by atoms with E-state index < -0.39 is 12.0 Å². The van der Waals surface area contributed by atoms with Gasteiger partial charge in [-0.1, -0.05) is 30.3 Å². The van der Waals surface area contributed by atoms with Crippen LogP contribution in [0.4, 0.5) is 13.2 Å². The van der Waals surface area contributed by atoms with Crippen molar-refractivity contribution in [3.05, 3.63) is 60.4 Å². The van der Waals surface area contributed by atoms with E-state index >= 15 is 0 Å². The van der Waals surface area contributed by atoms with E-state index in [2.05, 4.69) is 4.98 Å². The summed E-state index contributed by atoms with van der Waals surface area (Å²) in [6, 6.07) is 16.0. The van der Waals surface area contributed by atoms with E-state index in [1.54, 1.807) is 24.3 Å². The maximum atomic E-state index is 13.2. The fraction of sp³-hybridized carbons (Fsp3) is 0.278. The van der Waals surface area contributed by atoms with Gasteiger partial charge in [-0.05, 0) is 37.1 Å². The molecule has 24 heavy (non-hydrogen) atoms. The Labute approximate surface area is 137 Å². The minimum Gasteiger partial charge on any atom is -0.494 e. The summed E-state index contributed by atoms with van der Waals surface area (Å²) in [7, 11) is 0. The highest BCUT2D eigenvalue weighted by Crippen LogP contribution is 2.31. The zero-order chi connectivity index (χ0) is 17.0. The van der Waals surface area contributed by atoms with E-state index in [4.69, 9.17) is 4.74 Å². The first-order chi connectivity index (χ1) is 11.6. The Kier molecular flexibility index (Phi) is 4.74. The van der Waals surface area contributed by atoms with Gasteiger partial charge in [0.25, 0.3) is 0 Å². The average Bonchev–Trinajstić information content (AvgIpc) is 2.95. The number of ether oxygens (including phenoxy) is 1. The predicted octanol–water partition coefficient (Wildman–Crippen LogP) is 4.91. The SMILES string of the molecule is FC(F)(F)c1nc2ccccc2n1CCCCOc1ccccc1. The standard InChI is InChI=1S/C18H17F3N2O/c19-18(20,21)17-22-15-10-4-5-11-16(15)23(17)12-6-7-13-24-14-8-2-1-3-9-14/h1-5,8-11H,6-7,12-13H2. The second-order valence-electron chi connectivity index (χ2n) is 5.44. The van der Waals surface area contributed by atoms with Crippen LogP contribution in [0.1, 0.15) is 18.7 Å². The molecule has 0 N–H and O–H groups in total. The highest BCUT2D eigenvalue weighted by atomic mass is 19.4.